The van der Waals surface area contributed by atoms with Gasteiger partial charge in [-0.05, 0) is 25.7 Å². The summed E-state index contributed by atoms with van der Waals surface area (Å²) in [6.45, 7) is 3.34. The lowest BCUT2D eigenvalue weighted by Crippen LogP contribution is -2.52. The SMILES string of the molecule is CCCC/C=C/CCCCCCCCC1=NC=C[N+]1(CCN)CC(=O)O. The minimum atomic E-state index is -0.804. The predicted molar refractivity (Wildman–Crippen MR) is 109 cm³/mol. The molecular weight excluding hydrogens is 326 g/mol. The Balaban J connectivity index is 2.13. The van der Waals surface area contributed by atoms with Crippen LogP contribution in [0, 0.1) is 0 Å². The monoisotopic (exact) mass is 364 g/mol. The van der Waals surface area contributed by atoms with Gasteiger partial charge < -0.3 is 10.8 Å². The molecule has 0 aromatic rings. The van der Waals surface area contributed by atoms with E-state index in [1.807, 2.05) is 6.20 Å². The van der Waals surface area contributed by atoms with Crippen LogP contribution in [-0.4, -0.2) is 41.0 Å². The lowest BCUT2D eigenvalue weighted by atomic mass is 10.1. The molecule has 148 valence electrons. The fourth-order valence-electron chi connectivity index (χ4n) is 3.44. The summed E-state index contributed by atoms with van der Waals surface area (Å²) < 4.78 is 0.302. The Kier molecular flexibility index (Phi) is 11.9. The van der Waals surface area contributed by atoms with E-state index in [1.165, 1.54) is 57.8 Å². The number of unbranched alkanes of at least 4 members (excludes halogenated alkanes) is 8. The highest BCUT2D eigenvalue weighted by Crippen LogP contribution is 2.21. The number of nitrogens with zero attached hydrogens (tertiary/aromatic N) is 2. The third kappa shape index (κ3) is 8.77. The molecule has 0 bridgehead atoms. The number of hydrogen-bond acceptors (Lipinski definition) is 3. The summed E-state index contributed by atoms with van der Waals surface area (Å²) in [5.74, 6) is 0.150. The number of carbonyl (C=O) groups is 1. The van der Waals surface area contributed by atoms with E-state index in [9.17, 15) is 9.90 Å². The van der Waals surface area contributed by atoms with Gasteiger partial charge in [-0.15, -0.1) is 0 Å². The van der Waals surface area contributed by atoms with E-state index < -0.39 is 5.97 Å². The number of aliphatic imine (C=N–C) groups is 1. The van der Waals surface area contributed by atoms with Gasteiger partial charge in [0.2, 0.25) is 5.84 Å². The summed E-state index contributed by atoms with van der Waals surface area (Å²) in [6, 6.07) is 0. The molecule has 0 aromatic heterocycles. The second-order valence-electron chi connectivity index (χ2n) is 7.22. The fraction of sp³-hybridized carbons (Fsp3) is 0.714. The van der Waals surface area contributed by atoms with Gasteiger partial charge in [-0.25, -0.2) is 14.3 Å². The van der Waals surface area contributed by atoms with Gasteiger partial charge in [-0.1, -0.05) is 57.6 Å². The predicted octanol–water partition coefficient (Wildman–Crippen LogP) is 4.60. The molecule has 5 heteroatoms. The number of nitrogens with two attached hydrogens (primary N) is 1. The smallest absolute Gasteiger partial charge is 0.360 e. The molecule has 26 heavy (non-hydrogen) atoms. The van der Waals surface area contributed by atoms with Crippen molar-refractivity contribution in [3.05, 3.63) is 24.6 Å². The Morgan fingerprint density at radius 2 is 1.77 bits per heavy atom. The maximum atomic E-state index is 11.2. The number of amidine groups is 1. The lowest BCUT2D eigenvalue weighted by Gasteiger charge is -2.30. The van der Waals surface area contributed by atoms with E-state index in [4.69, 9.17) is 5.73 Å². The summed E-state index contributed by atoms with van der Waals surface area (Å²) in [4.78, 5) is 15.6. The summed E-state index contributed by atoms with van der Waals surface area (Å²) in [6.07, 6.45) is 21.5. The first-order chi connectivity index (χ1) is 12.6. The normalized spacial score (nSPS) is 19.4. The van der Waals surface area contributed by atoms with E-state index in [0.717, 1.165) is 18.7 Å². The lowest BCUT2D eigenvalue weighted by molar-refractivity contribution is -0.778. The highest BCUT2D eigenvalue weighted by Gasteiger charge is 2.36. The molecule has 0 amide bonds. The zero-order chi connectivity index (χ0) is 19.1. The van der Waals surface area contributed by atoms with E-state index in [2.05, 4.69) is 24.1 Å². The van der Waals surface area contributed by atoms with Crippen molar-refractivity contribution in [2.75, 3.05) is 19.6 Å². The molecular formula is C21H38N3O2+. The van der Waals surface area contributed by atoms with Crippen LogP contribution in [0.2, 0.25) is 0 Å². The van der Waals surface area contributed by atoms with Gasteiger partial charge in [0.25, 0.3) is 0 Å². The number of aliphatic carboxylic acids is 1. The van der Waals surface area contributed by atoms with Crippen LogP contribution in [-0.2, 0) is 4.79 Å². The second-order valence-corrected chi connectivity index (χ2v) is 7.22. The van der Waals surface area contributed by atoms with Crippen LogP contribution in [0.15, 0.2) is 29.5 Å². The quantitative estimate of drug-likeness (QED) is 0.239. The second kappa shape index (κ2) is 13.7. The van der Waals surface area contributed by atoms with Crippen molar-refractivity contribution in [2.45, 2.75) is 77.6 Å². The standard InChI is InChI=1S/C21H37N3O2/c1-2-3-4-5-6-7-8-9-10-11-12-13-14-20-23-16-18-24(20,17-15-22)19-21(25)26/h5-6,16,18H,2-4,7-15,17,19,22H2,1H3/p+1/b6-5+. The molecule has 0 aromatic carbocycles. The fourth-order valence-corrected chi connectivity index (χ4v) is 3.44. The van der Waals surface area contributed by atoms with E-state index in [1.54, 1.807) is 6.20 Å². The molecule has 1 aliphatic heterocycles. The summed E-state index contributed by atoms with van der Waals surface area (Å²) in [7, 11) is 0. The molecule has 0 spiro atoms. The minimum absolute atomic E-state index is 0.0400. The van der Waals surface area contributed by atoms with E-state index in [0.29, 0.717) is 17.6 Å². The van der Waals surface area contributed by atoms with Crippen molar-refractivity contribution < 1.29 is 14.4 Å². The van der Waals surface area contributed by atoms with Crippen LogP contribution in [0.5, 0.6) is 0 Å². The number of carboxylic acids is 1. The molecule has 1 unspecified atom stereocenters. The van der Waals surface area contributed by atoms with Crippen LogP contribution < -0.4 is 5.73 Å². The molecule has 0 radical (unpaired) electrons. The largest absolute Gasteiger partial charge is 0.477 e. The molecule has 5 nitrogen and oxygen atoms in total. The molecule has 0 fully saturated rings. The first-order valence-electron chi connectivity index (χ1n) is 10.3. The first kappa shape index (κ1) is 22.6. The van der Waals surface area contributed by atoms with Gasteiger partial charge in [-0.2, -0.15) is 0 Å². The maximum Gasteiger partial charge on any atom is 0.360 e. The average Bonchev–Trinajstić information content (AvgIpc) is 2.97. The van der Waals surface area contributed by atoms with Crippen molar-refractivity contribution in [2.24, 2.45) is 10.7 Å². The third-order valence-corrected chi connectivity index (χ3v) is 4.95. The van der Waals surface area contributed by atoms with Crippen molar-refractivity contribution in [1.82, 2.24) is 0 Å². The number of hydrogen-bond donors (Lipinski definition) is 2. The molecule has 3 N–H and O–H groups in total. The van der Waals surface area contributed by atoms with Gasteiger partial charge in [-0.3, -0.25) is 0 Å². The number of carboxylic acid groups (broad SMARTS) is 1. The van der Waals surface area contributed by atoms with Crippen LogP contribution in [0.1, 0.15) is 77.6 Å². The van der Waals surface area contributed by atoms with Gasteiger partial charge in [0, 0.05) is 13.0 Å². The Morgan fingerprint density at radius 3 is 2.42 bits per heavy atom. The Bertz CT molecular complexity index is 486. The van der Waals surface area contributed by atoms with Crippen LogP contribution in [0.3, 0.4) is 0 Å². The number of rotatable bonds is 16. The highest BCUT2D eigenvalue weighted by atomic mass is 16.4. The van der Waals surface area contributed by atoms with Gasteiger partial charge in [0.1, 0.15) is 12.7 Å². The minimum Gasteiger partial charge on any atom is -0.477 e. The average molecular weight is 365 g/mol. The molecule has 1 heterocycles. The molecule has 0 saturated carbocycles. The van der Waals surface area contributed by atoms with Gasteiger partial charge in [0.15, 0.2) is 6.54 Å². The van der Waals surface area contributed by atoms with E-state index in [-0.39, 0.29) is 6.54 Å². The van der Waals surface area contributed by atoms with Crippen molar-refractivity contribution in [3.8, 4) is 0 Å². The highest BCUT2D eigenvalue weighted by molar-refractivity contribution is 5.81. The first-order valence-corrected chi connectivity index (χ1v) is 10.3. The molecule has 1 aliphatic rings. The van der Waals surface area contributed by atoms with Crippen molar-refractivity contribution in [3.63, 3.8) is 0 Å². The maximum absolute atomic E-state index is 11.2. The molecule has 1 rings (SSSR count). The topological polar surface area (TPSA) is 75.7 Å². The third-order valence-electron chi connectivity index (χ3n) is 4.95. The van der Waals surface area contributed by atoms with Crippen LogP contribution in [0.25, 0.3) is 0 Å². The Labute approximate surface area is 159 Å². The van der Waals surface area contributed by atoms with Crippen LogP contribution in [0.4, 0.5) is 0 Å². The number of allylic oxidation sites excluding steroid dienone is 2. The van der Waals surface area contributed by atoms with Crippen molar-refractivity contribution in [1.29, 1.82) is 0 Å². The molecule has 0 saturated heterocycles. The zero-order valence-corrected chi connectivity index (χ0v) is 16.5. The summed E-state index contributed by atoms with van der Waals surface area (Å²) in [5, 5.41) is 9.21. The van der Waals surface area contributed by atoms with Crippen molar-refractivity contribution >= 4 is 11.8 Å². The zero-order valence-electron chi connectivity index (χ0n) is 16.5. The van der Waals surface area contributed by atoms with Gasteiger partial charge >= 0.3 is 5.97 Å². The van der Waals surface area contributed by atoms with E-state index >= 15 is 0 Å². The van der Waals surface area contributed by atoms with Gasteiger partial charge in [0.05, 0.1) is 6.20 Å². The Morgan fingerprint density at radius 1 is 1.12 bits per heavy atom. The number of quaternary nitrogens is 1. The molecule has 0 aliphatic carbocycles. The van der Waals surface area contributed by atoms with Crippen LogP contribution >= 0.6 is 0 Å². The summed E-state index contributed by atoms with van der Waals surface area (Å²) in [5.41, 5.74) is 5.70. The molecule has 1 atom stereocenters. The summed E-state index contributed by atoms with van der Waals surface area (Å²) >= 11 is 0. The Hall–Kier alpha value is -1.46.